The molecule has 1 N–H and O–H groups in total. The van der Waals surface area contributed by atoms with Crippen molar-refractivity contribution in [2.45, 2.75) is 87.9 Å². The third kappa shape index (κ3) is 4.49. The van der Waals surface area contributed by atoms with E-state index in [1.165, 1.54) is 12.8 Å². The monoisotopic (exact) mass is 381 g/mol. The number of nitrogens with one attached hydrogen (secondary N) is 1. The highest BCUT2D eigenvalue weighted by Gasteiger charge is 2.39. The smallest absolute Gasteiger partial charge is 0.267 e. The van der Waals surface area contributed by atoms with Crippen LogP contribution in [0.3, 0.4) is 0 Å². The molecule has 0 unspecified atom stereocenters. The molecule has 2 saturated carbocycles. The van der Waals surface area contributed by atoms with Crippen LogP contribution in [0.5, 0.6) is 0 Å². The molecule has 0 radical (unpaired) electrons. The minimum atomic E-state index is -0.402. The second-order valence-corrected chi connectivity index (χ2v) is 8.27. The molecule has 1 aliphatic heterocycles. The van der Waals surface area contributed by atoms with E-state index in [0.717, 1.165) is 37.8 Å². The summed E-state index contributed by atoms with van der Waals surface area (Å²) in [5, 5.41) is 15.9. The molecule has 0 saturated heterocycles. The molecule has 2 fully saturated rings. The number of carbonyl (C=O) groups excluding carboxylic acids is 1. The van der Waals surface area contributed by atoms with Gasteiger partial charge in [-0.25, -0.2) is 4.68 Å². The molecule has 7 nitrogen and oxygen atoms in total. The summed E-state index contributed by atoms with van der Waals surface area (Å²) in [7, 11) is 0. The number of aromatic nitrogens is 2. The van der Waals surface area contributed by atoms with Crippen molar-refractivity contribution in [1.29, 1.82) is 0 Å². The highest BCUT2D eigenvalue weighted by Crippen LogP contribution is 2.39. The fourth-order valence-electron chi connectivity index (χ4n) is 4.04. The van der Waals surface area contributed by atoms with Crippen LogP contribution < -0.4 is 10.9 Å². The first-order chi connectivity index (χ1) is 13.6. The van der Waals surface area contributed by atoms with Gasteiger partial charge in [0, 0.05) is 43.7 Å². The van der Waals surface area contributed by atoms with Gasteiger partial charge in [-0.3, -0.25) is 9.59 Å². The Morgan fingerprint density at radius 1 is 1.18 bits per heavy atom. The molecule has 7 heteroatoms. The van der Waals surface area contributed by atoms with E-state index in [2.05, 4.69) is 26.6 Å². The SMILES string of the molecule is C#CCCC1(CCC(=O)NC2CCC(n3nc(C4CC4)ccc3=O)CC2)N=N1. The second-order valence-electron chi connectivity index (χ2n) is 8.27. The number of rotatable bonds is 8. The highest BCUT2D eigenvalue weighted by atomic mass is 16.1. The molecule has 0 atom stereocenters. The summed E-state index contributed by atoms with van der Waals surface area (Å²) in [5.41, 5.74) is 0.622. The van der Waals surface area contributed by atoms with Crippen molar-refractivity contribution in [3.63, 3.8) is 0 Å². The van der Waals surface area contributed by atoms with Gasteiger partial charge in [-0.15, -0.1) is 12.3 Å². The van der Waals surface area contributed by atoms with E-state index >= 15 is 0 Å². The molecule has 2 heterocycles. The lowest BCUT2D eigenvalue weighted by Crippen LogP contribution is -2.40. The van der Waals surface area contributed by atoms with Gasteiger partial charge in [0.2, 0.25) is 5.91 Å². The van der Waals surface area contributed by atoms with Crippen LogP contribution in [0.2, 0.25) is 0 Å². The Bertz CT molecular complexity index is 850. The van der Waals surface area contributed by atoms with Crippen LogP contribution in [-0.4, -0.2) is 27.4 Å². The van der Waals surface area contributed by atoms with Crippen LogP contribution in [0.1, 0.15) is 81.9 Å². The first-order valence-electron chi connectivity index (χ1n) is 10.4. The minimum Gasteiger partial charge on any atom is -0.353 e. The van der Waals surface area contributed by atoms with Gasteiger partial charge < -0.3 is 5.32 Å². The Morgan fingerprint density at radius 3 is 2.57 bits per heavy atom. The first kappa shape index (κ1) is 18.9. The minimum absolute atomic E-state index is 0.0221. The van der Waals surface area contributed by atoms with Crippen molar-refractivity contribution in [1.82, 2.24) is 15.1 Å². The first-order valence-corrected chi connectivity index (χ1v) is 10.4. The fraction of sp³-hybridized carbons (Fsp3) is 0.667. The molecule has 3 aliphatic rings. The third-order valence-corrected chi connectivity index (χ3v) is 6.05. The van der Waals surface area contributed by atoms with Crippen LogP contribution in [0, 0.1) is 12.3 Å². The molecular formula is C21H27N5O2. The average Bonchev–Trinajstić information content (AvgIpc) is 3.62. The lowest BCUT2D eigenvalue weighted by atomic mass is 9.91. The molecule has 0 bridgehead atoms. The van der Waals surface area contributed by atoms with E-state index in [4.69, 9.17) is 6.42 Å². The Hall–Kier alpha value is -2.49. The van der Waals surface area contributed by atoms with Crippen molar-refractivity contribution in [3.05, 3.63) is 28.2 Å². The van der Waals surface area contributed by atoms with Gasteiger partial charge in [-0.05, 0) is 44.6 Å². The van der Waals surface area contributed by atoms with E-state index in [-0.39, 0.29) is 23.6 Å². The van der Waals surface area contributed by atoms with Crippen LogP contribution in [0.15, 0.2) is 27.2 Å². The number of nitrogens with zero attached hydrogens (tertiary/aromatic N) is 4. The number of hydrogen-bond donors (Lipinski definition) is 1. The quantitative estimate of drug-likeness (QED) is 0.702. The summed E-state index contributed by atoms with van der Waals surface area (Å²) < 4.78 is 1.68. The zero-order valence-electron chi connectivity index (χ0n) is 16.1. The Kier molecular flexibility index (Phi) is 5.29. The van der Waals surface area contributed by atoms with Crippen molar-refractivity contribution < 1.29 is 4.79 Å². The molecule has 1 aromatic rings. The fourth-order valence-corrected chi connectivity index (χ4v) is 4.04. The summed E-state index contributed by atoms with van der Waals surface area (Å²) >= 11 is 0. The predicted octanol–water partition coefficient (Wildman–Crippen LogP) is 3.08. The number of amides is 1. The Morgan fingerprint density at radius 2 is 1.93 bits per heavy atom. The number of terminal acetylenes is 1. The zero-order valence-corrected chi connectivity index (χ0v) is 16.1. The highest BCUT2D eigenvalue weighted by molar-refractivity contribution is 5.76. The summed E-state index contributed by atoms with van der Waals surface area (Å²) in [4.78, 5) is 24.5. The summed E-state index contributed by atoms with van der Waals surface area (Å²) in [6.07, 6.45) is 13.5. The van der Waals surface area contributed by atoms with Gasteiger partial charge in [-0.2, -0.15) is 15.3 Å². The topological polar surface area (TPSA) is 88.7 Å². The molecular weight excluding hydrogens is 354 g/mol. The molecule has 28 heavy (non-hydrogen) atoms. The van der Waals surface area contributed by atoms with Gasteiger partial charge >= 0.3 is 0 Å². The van der Waals surface area contributed by atoms with Gasteiger partial charge in [0.15, 0.2) is 5.66 Å². The van der Waals surface area contributed by atoms with Crippen LogP contribution >= 0.6 is 0 Å². The van der Waals surface area contributed by atoms with Gasteiger partial charge in [-0.1, -0.05) is 0 Å². The number of hydrogen-bond acceptors (Lipinski definition) is 5. The molecule has 1 amide bonds. The van der Waals surface area contributed by atoms with Crippen molar-refractivity contribution in [2.75, 3.05) is 0 Å². The van der Waals surface area contributed by atoms with Crippen molar-refractivity contribution in [3.8, 4) is 12.3 Å². The maximum absolute atomic E-state index is 12.3. The summed E-state index contributed by atoms with van der Waals surface area (Å²) in [5.74, 6) is 3.19. The largest absolute Gasteiger partial charge is 0.353 e. The van der Waals surface area contributed by atoms with Crippen LogP contribution in [0.25, 0.3) is 0 Å². The van der Waals surface area contributed by atoms with E-state index in [9.17, 15) is 9.59 Å². The van der Waals surface area contributed by atoms with E-state index in [1.54, 1.807) is 10.7 Å². The average molecular weight is 381 g/mol. The van der Waals surface area contributed by atoms with Gasteiger partial charge in [0.25, 0.3) is 5.56 Å². The maximum atomic E-state index is 12.3. The van der Waals surface area contributed by atoms with Crippen LogP contribution in [0.4, 0.5) is 0 Å². The molecule has 148 valence electrons. The summed E-state index contributed by atoms with van der Waals surface area (Å²) in [6.45, 7) is 0. The van der Waals surface area contributed by atoms with Crippen molar-refractivity contribution in [2.24, 2.45) is 10.2 Å². The zero-order chi connectivity index (χ0) is 19.6. The third-order valence-electron chi connectivity index (χ3n) is 6.05. The Labute approximate surface area is 165 Å². The molecule has 4 rings (SSSR count). The molecule has 2 aliphatic carbocycles. The van der Waals surface area contributed by atoms with Gasteiger partial charge in [0.05, 0.1) is 11.7 Å². The lowest BCUT2D eigenvalue weighted by molar-refractivity contribution is -0.122. The van der Waals surface area contributed by atoms with Crippen molar-refractivity contribution >= 4 is 5.91 Å². The van der Waals surface area contributed by atoms with Gasteiger partial charge in [0.1, 0.15) is 0 Å². The molecule has 0 spiro atoms. The maximum Gasteiger partial charge on any atom is 0.267 e. The summed E-state index contributed by atoms with van der Waals surface area (Å²) in [6, 6.07) is 3.83. The number of carbonyl (C=O) groups is 1. The second kappa shape index (κ2) is 7.86. The molecule has 1 aromatic heterocycles. The van der Waals surface area contributed by atoms with E-state index in [1.807, 2.05) is 6.07 Å². The predicted molar refractivity (Wildman–Crippen MR) is 105 cm³/mol. The normalized spacial score (nSPS) is 25.1. The Balaban J connectivity index is 1.23. The van der Waals surface area contributed by atoms with E-state index < -0.39 is 5.66 Å². The standard InChI is InChI=1S/C21H27N5O2/c1-2-3-13-21(24-25-21)14-12-19(27)22-16-6-8-17(9-7-16)26-20(28)11-10-18(23-26)15-4-5-15/h1,10-11,15-17H,3-9,12-14H2,(H,22,27). The lowest BCUT2D eigenvalue weighted by Gasteiger charge is -2.29. The van der Waals surface area contributed by atoms with E-state index in [0.29, 0.717) is 25.2 Å². The van der Waals surface area contributed by atoms with Crippen LogP contribution in [-0.2, 0) is 4.79 Å². The molecule has 0 aromatic carbocycles.